The summed E-state index contributed by atoms with van der Waals surface area (Å²) in [6.07, 6.45) is 0. The highest BCUT2D eigenvalue weighted by atomic mass is 32.2. The van der Waals surface area contributed by atoms with Crippen LogP contribution in [0.1, 0.15) is 13.8 Å². The van der Waals surface area contributed by atoms with Crippen LogP contribution in [-0.2, 0) is 14.8 Å². The normalized spacial score (nSPS) is 14.2. The molecule has 0 rings (SSSR count). The Bertz CT molecular complexity index is 249. The van der Waals surface area contributed by atoms with Crippen molar-refractivity contribution in [2.24, 2.45) is 5.73 Å². The van der Waals surface area contributed by atoms with Crippen LogP contribution in [0.5, 0.6) is 0 Å². The first-order valence-corrected chi connectivity index (χ1v) is 5.08. The van der Waals surface area contributed by atoms with Crippen molar-refractivity contribution in [3.8, 4) is 0 Å². The maximum Gasteiger partial charge on any atom is 0.235 e. The number of nitrogens with one attached hydrogen (secondary N) is 2. The second-order valence-corrected chi connectivity index (χ2v) is 4.28. The van der Waals surface area contributed by atoms with Gasteiger partial charge in [-0.3, -0.25) is 4.79 Å². The van der Waals surface area contributed by atoms with Gasteiger partial charge >= 0.3 is 0 Å². The topological polar surface area (TPSA) is 101 Å². The van der Waals surface area contributed by atoms with Gasteiger partial charge in [0.15, 0.2) is 0 Å². The van der Waals surface area contributed by atoms with E-state index in [4.69, 9.17) is 5.73 Å². The van der Waals surface area contributed by atoms with E-state index in [1.54, 1.807) is 0 Å². The van der Waals surface area contributed by atoms with E-state index in [0.717, 1.165) is 0 Å². The number of hydrazine groups is 1. The van der Waals surface area contributed by atoms with E-state index in [2.05, 4.69) is 5.43 Å². The summed E-state index contributed by atoms with van der Waals surface area (Å²) in [5.41, 5.74) is 7.13. The Morgan fingerprint density at radius 3 is 2.42 bits per heavy atom. The molecule has 1 unspecified atom stereocenters. The summed E-state index contributed by atoms with van der Waals surface area (Å²) in [5, 5.41) is 0. The zero-order valence-corrected chi connectivity index (χ0v) is 7.81. The molecule has 1 amide bonds. The summed E-state index contributed by atoms with van der Waals surface area (Å²) >= 11 is 0. The zero-order valence-electron chi connectivity index (χ0n) is 6.99. The number of amides is 1. The van der Waals surface area contributed by atoms with Crippen LogP contribution in [0.25, 0.3) is 0 Å². The monoisotopic (exact) mass is 195 g/mol. The quantitative estimate of drug-likeness (QED) is 0.455. The molecule has 0 aromatic carbocycles. The van der Waals surface area contributed by atoms with Crippen molar-refractivity contribution in [2.45, 2.75) is 19.9 Å². The van der Waals surface area contributed by atoms with Gasteiger partial charge in [0, 0.05) is 0 Å². The van der Waals surface area contributed by atoms with Gasteiger partial charge in [-0.2, -0.15) is 4.83 Å². The molecule has 0 spiro atoms. The van der Waals surface area contributed by atoms with Gasteiger partial charge in [0.25, 0.3) is 0 Å². The molecule has 0 aromatic rings. The molecular formula is C5H13N3O3S. The summed E-state index contributed by atoms with van der Waals surface area (Å²) in [4.78, 5) is 12.4. The molecule has 0 radical (unpaired) electrons. The zero-order chi connectivity index (χ0) is 9.78. The van der Waals surface area contributed by atoms with Gasteiger partial charge in [0.1, 0.15) is 0 Å². The van der Waals surface area contributed by atoms with Gasteiger partial charge in [-0.05, 0) is 13.8 Å². The van der Waals surface area contributed by atoms with Crippen molar-refractivity contribution in [1.82, 2.24) is 10.3 Å². The first-order valence-electron chi connectivity index (χ1n) is 3.43. The lowest BCUT2D eigenvalue weighted by Gasteiger charge is -2.10. The Morgan fingerprint density at radius 2 is 2.08 bits per heavy atom. The fraction of sp³-hybridized carbons (Fsp3) is 0.800. The average molecular weight is 195 g/mol. The van der Waals surface area contributed by atoms with Crippen molar-refractivity contribution in [3.05, 3.63) is 0 Å². The lowest BCUT2D eigenvalue weighted by atomic mass is 10.3. The number of carbonyl (C=O) groups is 1. The van der Waals surface area contributed by atoms with Crippen molar-refractivity contribution < 1.29 is 13.2 Å². The lowest BCUT2D eigenvalue weighted by Crippen LogP contribution is -2.49. The van der Waals surface area contributed by atoms with Crippen molar-refractivity contribution in [3.63, 3.8) is 0 Å². The number of sulfonamides is 1. The number of rotatable bonds is 5. The molecule has 12 heavy (non-hydrogen) atoms. The molecule has 7 heteroatoms. The van der Waals surface area contributed by atoms with Crippen molar-refractivity contribution >= 4 is 15.9 Å². The molecule has 1 atom stereocenters. The summed E-state index contributed by atoms with van der Waals surface area (Å²) in [6, 6.07) is -0.716. The van der Waals surface area contributed by atoms with Crippen LogP contribution >= 0.6 is 0 Å². The van der Waals surface area contributed by atoms with E-state index < -0.39 is 22.0 Å². The van der Waals surface area contributed by atoms with Gasteiger partial charge in [-0.25, -0.2) is 13.8 Å². The van der Waals surface area contributed by atoms with Gasteiger partial charge in [-0.1, -0.05) is 0 Å². The highest BCUT2D eigenvalue weighted by Gasteiger charge is 2.11. The van der Waals surface area contributed by atoms with Crippen molar-refractivity contribution in [2.75, 3.05) is 5.75 Å². The second-order valence-electron chi connectivity index (χ2n) is 2.27. The molecule has 4 N–H and O–H groups in total. The first kappa shape index (κ1) is 11.3. The molecule has 0 heterocycles. The third-order valence-corrected chi connectivity index (χ3v) is 2.43. The molecule has 6 nitrogen and oxygen atoms in total. The molecule has 0 saturated heterocycles. The van der Waals surface area contributed by atoms with Gasteiger partial charge in [0.05, 0.1) is 11.8 Å². The molecule has 0 aliphatic rings. The molecule has 0 bridgehead atoms. The molecule has 0 aliphatic carbocycles. The summed E-state index contributed by atoms with van der Waals surface area (Å²) in [5.74, 6) is -0.667. The standard InChI is InChI=1S/C5H13N3O3S/c1-3-12(10,11)8-7-4(2)5(6)9/h4,7-8H,3H2,1-2H3,(H2,6,9). The van der Waals surface area contributed by atoms with E-state index in [1.165, 1.54) is 13.8 Å². The SMILES string of the molecule is CCS(=O)(=O)NNC(C)C(N)=O. The first-order chi connectivity index (χ1) is 5.39. The van der Waals surface area contributed by atoms with E-state index in [-0.39, 0.29) is 5.75 Å². The fourth-order valence-electron chi connectivity index (χ4n) is 0.321. The van der Waals surface area contributed by atoms with Crippen LogP contribution in [0.3, 0.4) is 0 Å². The number of carbonyl (C=O) groups excluding carboxylic acids is 1. The van der Waals surface area contributed by atoms with E-state index in [0.29, 0.717) is 0 Å². The highest BCUT2D eigenvalue weighted by molar-refractivity contribution is 7.89. The number of hydrogen-bond donors (Lipinski definition) is 3. The third-order valence-electron chi connectivity index (χ3n) is 1.24. The highest BCUT2D eigenvalue weighted by Crippen LogP contribution is 1.81. The molecule has 72 valence electrons. The number of hydrogen-bond acceptors (Lipinski definition) is 4. The molecule has 0 aromatic heterocycles. The largest absolute Gasteiger partial charge is 0.368 e. The van der Waals surface area contributed by atoms with E-state index in [1.807, 2.05) is 4.83 Å². The molecule has 0 saturated carbocycles. The second kappa shape index (κ2) is 4.39. The minimum Gasteiger partial charge on any atom is -0.368 e. The predicted octanol–water partition coefficient (Wildman–Crippen LogP) is -1.70. The van der Waals surface area contributed by atoms with Crippen LogP contribution in [-0.4, -0.2) is 26.1 Å². The Labute approximate surface area is 71.5 Å². The predicted molar refractivity (Wildman–Crippen MR) is 44.4 cm³/mol. The maximum absolute atomic E-state index is 10.8. The summed E-state index contributed by atoms with van der Waals surface area (Å²) < 4.78 is 21.6. The Kier molecular flexibility index (Phi) is 4.15. The van der Waals surface area contributed by atoms with Gasteiger partial charge < -0.3 is 5.73 Å². The van der Waals surface area contributed by atoms with Crippen LogP contribution in [0, 0.1) is 0 Å². The Balaban J connectivity index is 3.92. The van der Waals surface area contributed by atoms with Crippen LogP contribution in [0.4, 0.5) is 0 Å². The summed E-state index contributed by atoms with van der Waals surface area (Å²) in [6.45, 7) is 2.94. The van der Waals surface area contributed by atoms with Crippen LogP contribution in [0.2, 0.25) is 0 Å². The van der Waals surface area contributed by atoms with Crippen LogP contribution in [0.15, 0.2) is 0 Å². The molecular weight excluding hydrogens is 182 g/mol. The minimum absolute atomic E-state index is 0.0501. The molecule has 0 fully saturated rings. The summed E-state index contributed by atoms with van der Waals surface area (Å²) in [7, 11) is -3.32. The Hall–Kier alpha value is -0.660. The lowest BCUT2D eigenvalue weighted by molar-refractivity contribution is -0.119. The van der Waals surface area contributed by atoms with Crippen molar-refractivity contribution in [1.29, 1.82) is 0 Å². The van der Waals surface area contributed by atoms with E-state index in [9.17, 15) is 13.2 Å². The minimum atomic E-state index is -3.32. The Morgan fingerprint density at radius 1 is 1.58 bits per heavy atom. The van der Waals surface area contributed by atoms with E-state index >= 15 is 0 Å². The van der Waals surface area contributed by atoms with Crippen LogP contribution < -0.4 is 16.0 Å². The van der Waals surface area contributed by atoms with Gasteiger partial charge in [-0.15, -0.1) is 0 Å². The average Bonchev–Trinajstić information content (AvgIpc) is 2.00. The third kappa shape index (κ3) is 4.27. The maximum atomic E-state index is 10.8. The number of nitrogens with two attached hydrogens (primary N) is 1. The number of primary amides is 1. The smallest absolute Gasteiger partial charge is 0.235 e. The fourth-order valence-corrected chi connectivity index (χ4v) is 0.822. The van der Waals surface area contributed by atoms with Gasteiger partial charge in [0.2, 0.25) is 15.9 Å². The molecule has 0 aliphatic heterocycles.